The van der Waals surface area contributed by atoms with Crippen LogP contribution in [0.2, 0.25) is 0 Å². The van der Waals surface area contributed by atoms with Crippen molar-refractivity contribution in [2.45, 2.75) is 19.8 Å². The van der Waals surface area contributed by atoms with Crippen LogP contribution in [0.15, 0.2) is 18.2 Å². The Hall–Kier alpha value is -1.75. The molecule has 0 saturated carbocycles. The molecule has 0 amide bonds. The van der Waals surface area contributed by atoms with Gasteiger partial charge in [-0.05, 0) is 37.1 Å². The molecule has 0 aromatic heterocycles. The zero-order valence-electron chi connectivity index (χ0n) is 9.49. The molecule has 1 aromatic rings. The zero-order valence-corrected chi connectivity index (χ0v) is 9.49. The number of benzene rings is 1. The van der Waals surface area contributed by atoms with E-state index in [0.29, 0.717) is 0 Å². The van der Waals surface area contributed by atoms with Gasteiger partial charge in [-0.3, -0.25) is 4.79 Å². The number of carbonyl (C=O) groups excluding carboxylic acids is 1. The SMILES string of the molecule is C#CCCN1CCc2cc(C(C)=O)ccc21. The van der Waals surface area contributed by atoms with E-state index in [-0.39, 0.29) is 5.78 Å². The topological polar surface area (TPSA) is 20.3 Å². The first-order valence-corrected chi connectivity index (χ1v) is 5.54. The lowest BCUT2D eigenvalue weighted by molar-refractivity contribution is 0.101. The Balaban J connectivity index is 2.22. The van der Waals surface area contributed by atoms with Crippen LogP contribution in [0.5, 0.6) is 0 Å². The third kappa shape index (κ3) is 1.94. The molecule has 1 aromatic carbocycles. The molecule has 2 rings (SSSR count). The molecule has 2 nitrogen and oxygen atoms in total. The highest BCUT2D eigenvalue weighted by molar-refractivity contribution is 5.94. The number of nitrogens with zero attached hydrogens (tertiary/aromatic N) is 1. The van der Waals surface area contributed by atoms with E-state index >= 15 is 0 Å². The summed E-state index contributed by atoms with van der Waals surface area (Å²) in [6, 6.07) is 5.94. The number of carbonyl (C=O) groups is 1. The van der Waals surface area contributed by atoms with Crippen molar-refractivity contribution in [3.63, 3.8) is 0 Å². The van der Waals surface area contributed by atoms with Gasteiger partial charge in [0, 0.05) is 30.8 Å². The molecule has 0 radical (unpaired) electrons. The van der Waals surface area contributed by atoms with E-state index in [4.69, 9.17) is 6.42 Å². The Kier molecular flexibility index (Phi) is 2.96. The summed E-state index contributed by atoms with van der Waals surface area (Å²) in [5.74, 6) is 2.79. The largest absolute Gasteiger partial charge is 0.370 e. The standard InChI is InChI=1S/C14H15NO/c1-3-4-8-15-9-7-13-10-12(11(2)16)5-6-14(13)15/h1,5-6,10H,4,7-9H2,2H3. The highest BCUT2D eigenvalue weighted by Crippen LogP contribution is 2.28. The van der Waals surface area contributed by atoms with Crippen molar-refractivity contribution in [1.82, 2.24) is 0 Å². The van der Waals surface area contributed by atoms with E-state index in [1.165, 1.54) is 11.3 Å². The molecule has 0 aliphatic carbocycles. The lowest BCUT2D eigenvalue weighted by atomic mass is 10.1. The molecular formula is C14H15NO. The van der Waals surface area contributed by atoms with Gasteiger partial charge in [0.1, 0.15) is 0 Å². The summed E-state index contributed by atoms with van der Waals surface area (Å²) in [6.07, 6.45) is 7.06. The maximum atomic E-state index is 11.3. The van der Waals surface area contributed by atoms with E-state index in [9.17, 15) is 4.79 Å². The van der Waals surface area contributed by atoms with Crippen molar-refractivity contribution in [3.05, 3.63) is 29.3 Å². The van der Waals surface area contributed by atoms with Crippen LogP contribution in [0.1, 0.15) is 29.3 Å². The van der Waals surface area contributed by atoms with Crippen LogP contribution in [0.25, 0.3) is 0 Å². The van der Waals surface area contributed by atoms with Gasteiger partial charge in [0.2, 0.25) is 0 Å². The van der Waals surface area contributed by atoms with Crippen molar-refractivity contribution in [2.24, 2.45) is 0 Å². The number of rotatable bonds is 3. The summed E-state index contributed by atoms with van der Waals surface area (Å²) < 4.78 is 0. The van der Waals surface area contributed by atoms with Gasteiger partial charge in [-0.15, -0.1) is 12.3 Å². The number of Topliss-reactive ketones (excluding diaryl/α,β-unsaturated/α-hetero) is 1. The van der Waals surface area contributed by atoms with Crippen LogP contribution in [-0.2, 0) is 6.42 Å². The second kappa shape index (κ2) is 4.40. The van der Waals surface area contributed by atoms with Crippen LogP contribution in [-0.4, -0.2) is 18.9 Å². The highest BCUT2D eigenvalue weighted by atomic mass is 16.1. The Morgan fingerprint density at radius 2 is 2.38 bits per heavy atom. The Bertz CT molecular complexity index is 456. The highest BCUT2D eigenvalue weighted by Gasteiger charge is 2.18. The van der Waals surface area contributed by atoms with Crippen LogP contribution >= 0.6 is 0 Å². The normalized spacial score (nSPS) is 13.4. The maximum absolute atomic E-state index is 11.3. The molecule has 1 aliphatic heterocycles. The molecule has 0 N–H and O–H groups in total. The minimum absolute atomic E-state index is 0.130. The lowest BCUT2D eigenvalue weighted by Crippen LogP contribution is -2.21. The first-order chi connectivity index (χ1) is 7.72. The molecule has 1 heterocycles. The second-order valence-corrected chi connectivity index (χ2v) is 4.09. The van der Waals surface area contributed by atoms with E-state index < -0.39 is 0 Å². The predicted octanol–water partition coefficient (Wildman–Crippen LogP) is 2.28. The predicted molar refractivity (Wildman–Crippen MR) is 65.8 cm³/mol. The number of hydrogen-bond acceptors (Lipinski definition) is 2. The smallest absolute Gasteiger partial charge is 0.159 e. The molecule has 82 valence electrons. The van der Waals surface area contributed by atoms with Crippen molar-refractivity contribution in [1.29, 1.82) is 0 Å². The van der Waals surface area contributed by atoms with Gasteiger partial charge in [-0.1, -0.05) is 0 Å². The van der Waals surface area contributed by atoms with Crippen molar-refractivity contribution in [2.75, 3.05) is 18.0 Å². The average Bonchev–Trinajstić information content (AvgIpc) is 2.68. The van der Waals surface area contributed by atoms with Gasteiger partial charge in [0.15, 0.2) is 5.78 Å². The number of ketones is 1. The molecular weight excluding hydrogens is 198 g/mol. The Morgan fingerprint density at radius 1 is 1.56 bits per heavy atom. The van der Waals surface area contributed by atoms with Crippen molar-refractivity contribution >= 4 is 11.5 Å². The summed E-state index contributed by atoms with van der Waals surface area (Å²) in [5.41, 5.74) is 3.31. The second-order valence-electron chi connectivity index (χ2n) is 4.09. The molecule has 0 fully saturated rings. The van der Waals surface area contributed by atoms with E-state index in [0.717, 1.165) is 31.5 Å². The number of anilines is 1. The van der Waals surface area contributed by atoms with E-state index in [1.807, 2.05) is 18.2 Å². The summed E-state index contributed by atoms with van der Waals surface area (Å²) in [7, 11) is 0. The van der Waals surface area contributed by atoms with Crippen LogP contribution < -0.4 is 4.90 Å². The number of terminal acetylenes is 1. The monoisotopic (exact) mass is 213 g/mol. The first-order valence-electron chi connectivity index (χ1n) is 5.54. The summed E-state index contributed by atoms with van der Waals surface area (Å²) in [5, 5.41) is 0. The molecule has 0 spiro atoms. The van der Waals surface area contributed by atoms with Gasteiger partial charge in [0.05, 0.1) is 0 Å². The molecule has 1 aliphatic rings. The van der Waals surface area contributed by atoms with Crippen molar-refractivity contribution in [3.8, 4) is 12.3 Å². The quantitative estimate of drug-likeness (QED) is 0.567. The third-order valence-corrected chi connectivity index (χ3v) is 3.00. The van der Waals surface area contributed by atoms with Gasteiger partial charge < -0.3 is 4.90 Å². The van der Waals surface area contributed by atoms with Crippen LogP contribution in [0.3, 0.4) is 0 Å². The first kappa shape index (κ1) is 10.8. The average molecular weight is 213 g/mol. The molecule has 0 saturated heterocycles. The molecule has 2 heteroatoms. The third-order valence-electron chi connectivity index (χ3n) is 3.00. The fraction of sp³-hybridized carbons (Fsp3) is 0.357. The van der Waals surface area contributed by atoms with Crippen LogP contribution in [0.4, 0.5) is 5.69 Å². The minimum Gasteiger partial charge on any atom is -0.370 e. The van der Waals surface area contributed by atoms with Gasteiger partial charge in [-0.25, -0.2) is 0 Å². The number of hydrogen-bond donors (Lipinski definition) is 0. The van der Waals surface area contributed by atoms with Crippen molar-refractivity contribution < 1.29 is 4.79 Å². The maximum Gasteiger partial charge on any atom is 0.159 e. The van der Waals surface area contributed by atoms with Gasteiger partial charge in [-0.2, -0.15) is 0 Å². The molecule has 0 bridgehead atoms. The molecule has 0 atom stereocenters. The lowest BCUT2D eigenvalue weighted by Gasteiger charge is -2.17. The summed E-state index contributed by atoms with van der Waals surface area (Å²) >= 11 is 0. The van der Waals surface area contributed by atoms with Gasteiger partial charge >= 0.3 is 0 Å². The summed E-state index contributed by atoms with van der Waals surface area (Å²) in [4.78, 5) is 13.5. The zero-order chi connectivity index (χ0) is 11.5. The fourth-order valence-corrected chi connectivity index (χ4v) is 2.12. The van der Waals surface area contributed by atoms with E-state index in [2.05, 4.69) is 10.8 Å². The van der Waals surface area contributed by atoms with E-state index in [1.54, 1.807) is 6.92 Å². The van der Waals surface area contributed by atoms with Gasteiger partial charge in [0.25, 0.3) is 0 Å². The fourth-order valence-electron chi connectivity index (χ4n) is 2.12. The number of fused-ring (bicyclic) bond motifs is 1. The minimum atomic E-state index is 0.130. The Labute approximate surface area is 96.3 Å². The van der Waals surface area contributed by atoms with Crippen LogP contribution in [0, 0.1) is 12.3 Å². The molecule has 16 heavy (non-hydrogen) atoms. The Morgan fingerprint density at radius 3 is 3.06 bits per heavy atom. The summed E-state index contributed by atoms with van der Waals surface area (Å²) in [6.45, 7) is 3.52. The molecule has 0 unspecified atom stereocenters.